The molecule has 80 valence electrons. The lowest BCUT2D eigenvalue weighted by atomic mass is 9.87. The first-order valence-electron chi connectivity index (χ1n) is 4.64. The maximum absolute atomic E-state index is 12.7. The van der Waals surface area contributed by atoms with E-state index in [1.54, 1.807) is 6.92 Å². The van der Waals surface area contributed by atoms with Crippen molar-refractivity contribution in [2.24, 2.45) is 0 Å². The molecule has 14 heavy (non-hydrogen) atoms. The van der Waals surface area contributed by atoms with Crippen molar-refractivity contribution in [2.75, 3.05) is 0 Å². The third-order valence-electron chi connectivity index (χ3n) is 2.47. The van der Waals surface area contributed by atoms with E-state index >= 15 is 0 Å². The van der Waals surface area contributed by atoms with E-state index in [-0.39, 0.29) is 11.1 Å². The van der Waals surface area contributed by atoms with Crippen LogP contribution in [-0.2, 0) is 5.41 Å². The van der Waals surface area contributed by atoms with Crippen LogP contribution in [0.5, 0.6) is 0 Å². The molecule has 4 heteroatoms. The molecule has 0 fully saturated rings. The average Bonchev–Trinajstić information content (AvgIpc) is 2.48. The number of thiazole rings is 1. The first-order valence-corrected chi connectivity index (χ1v) is 5.46. The van der Waals surface area contributed by atoms with Crippen LogP contribution >= 0.6 is 11.3 Å². The van der Waals surface area contributed by atoms with E-state index in [0.29, 0.717) is 0 Å². The Morgan fingerprint density at radius 2 is 2.00 bits per heavy atom. The molecule has 0 unspecified atom stereocenters. The molecule has 0 aliphatic carbocycles. The van der Waals surface area contributed by atoms with Crippen molar-refractivity contribution in [2.45, 2.75) is 46.0 Å². The fraction of sp³-hybridized carbons (Fsp3) is 0.700. The summed E-state index contributed by atoms with van der Waals surface area (Å²) in [6, 6.07) is 0. The van der Waals surface area contributed by atoms with Crippen LogP contribution in [0.2, 0.25) is 0 Å². The molecule has 1 rings (SSSR count). The highest BCUT2D eigenvalue weighted by Crippen LogP contribution is 2.38. The standard InChI is InChI=1S/C10H15F2NS/c1-5-10(3,4)8-7(9(11)12)13-6(2)14-8/h9H,5H2,1-4H3. The van der Waals surface area contributed by atoms with Gasteiger partial charge in [0.05, 0.1) is 5.01 Å². The van der Waals surface area contributed by atoms with Crippen molar-refractivity contribution in [1.29, 1.82) is 0 Å². The van der Waals surface area contributed by atoms with Gasteiger partial charge >= 0.3 is 0 Å². The molecule has 0 aromatic carbocycles. The molecule has 0 atom stereocenters. The summed E-state index contributed by atoms with van der Waals surface area (Å²) in [4.78, 5) is 4.62. The minimum absolute atomic E-state index is 0.0284. The van der Waals surface area contributed by atoms with E-state index < -0.39 is 6.43 Å². The van der Waals surface area contributed by atoms with E-state index in [0.717, 1.165) is 16.3 Å². The molecule has 0 saturated carbocycles. The van der Waals surface area contributed by atoms with Crippen LogP contribution in [0.4, 0.5) is 8.78 Å². The van der Waals surface area contributed by atoms with E-state index in [4.69, 9.17) is 0 Å². The zero-order chi connectivity index (χ0) is 10.9. The normalized spacial score (nSPS) is 12.5. The van der Waals surface area contributed by atoms with Gasteiger partial charge in [0, 0.05) is 10.3 Å². The Kier molecular flexibility index (Phi) is 3.24. The summed E-state index contributed by atoms with van der Waals surface area (Å²) in [5, 5.41) is 0.719. The lowest BCUT2D eigenvalue weighted by Gasteiger charge is -2.21. The Balaban J connectivity index is 3.19. The zero-order valence-corrected chi connectivity index (χ0v) is 9.71. The molecule has 1 heterocycles. The summed E-state index contributed by atoms with van der Waals surface area (Å²) in [6.45, 7) is 7.73. The van der Waals surface area contributed by atoms with Gasteiger partial charge in [0.2, 0.25) is 0 Å². The minimum atomic E-state index is -2.46. The van der Waals surface area contributed by atoms with Gasteiger partial charge < -0.3 is 0 Å². The number of alkyl halides is 2. The Hall–Kier alpha value is -0.510. The maximum Gasteiger partial charge on any atom is 0.281 e. The third kappa shape index (κ3) is 2.11. The zero-order valence-electron chi connectivity index (χ0n) is 8.90. The van der Waals surface area contributed by atoms with E-state index in [2.05, 4.69) is 4.98 Å². The number of rotatable bonds is 3. The van der Waals surface area contributed by atoms with Gasteiger partial charge in [-0.25, -0.2) is 13.8 Å². The van der Waals surface area contributed by atoms with Crippen molar-refractivity contribution in [3.63, 3.8) is 0 Å². The molecule has 1 aromatic heterocycles. The Morgan fingerprint density at radius 1 is 1.43 bits per heavy atom. The molecule has 0 N–H and O–H groups in total. The fourth-order valence-corrected chi connectivity index (χ4v) is 2.34. The number of aryl methyl sites for hydroxylation is 1. The van der Waals surface area contributed by atoms with Crippen LogP contribution < -0.4 is 0 Å². The quantitative estimate of drug-likeness (QED) is 0.746. The van der Waals surface area contributed by atoms with Gasteiger partial charge in [-0.05, 0) is 13.3 Å². The molecule has 0 radical (unpaired) electrons. The van der Waals surface area contributed by atoms with Gasteiger partial charge in [-0.3, -0.25) is 0 Å². The summed E-state index contributed by atoms with van der Waals surface area (Å²) in [7, 11) is 0. The summed E-state index contributed by atoms with van der Waals surface area (Å²) in [5.41, 5.74) is -0.225. The molecular weight excluding hydrogens is 204 g/mol. The second kappa shape index (κ2) is 3.93. The predicted molar refractivity (Wildman–Crippen MR) is 55.1 cm³/mol. The molecule has 0 aliphatic rings. The topological polar surface area (TPSA) is 12.9 Å². The highest BCUT2D eigenvalue weighted by atomic mass is 32.1. The monoisotopic (exact) mass is 219 g/mol. The molecule has 0 amide bonds. The Bertz CT molecular complexity index is 318. The average molecular weight is 219 g/mol. The van der Waals surface area contributed by atoms with Crippen molar-refractivity contribution in [1.82, 2.24) is 4.98 Å². The largest absolute Gasteiger partial charge is 0.281 e. The SMILES string of the molecule is CCC(C)(C)c1sc(C)nc1C(F)F. The van der Waals surface area contributed by atoms with Crippen LogP contribution in [0.3, 0.4) is 0 Å². The van der Waals surface area contributed by atoms with Crippen molar-refractivity contribution >= 4 is 11.3 Å². The van der Waals surface area contributed by atoms with Crippen LogP contribution in [0, 0.1) is 6.92 Å². The Labute approximate surface area is 87.2 Å². The van der Waals surface area contributed by atoms with Crippen LogP contribution in [-0.4, -0.2) is 4.98 Å². The molecule has 1 nitrogen and oxygen atoms in total. The smallest absolute Gasteiger partial charge is 0.240 e. The predicted octanol–water partition coefficient (Wildman–Crippen LogP) is 4.08. The van der Waals surface area contributed by atoms with E-state index in [9.17, 15) is 8.78 Å². The third-order valence-corrected chi connectivity index (χ3v) is 3.82. The van der Waals surface area contributed by atoms with Gasteiger partial charge in [0.1, 0.15) is 5.69 Å². The number of aromatic nitrogens is 1. The highest BCUT2D eigenvalue weighted by molar-refractivity contribution is 7.11. The first kappa shape index (κ1) is 11.6. The van der Waals surface area contributed by atoms with Gasteiger partial charge in [0.25, 0.3) is 6.43 Å². The summed E-state index contributed by atoms with van der Waals surface area (Å²) in [6.07, 6.45) is -1.62. The highest BCUT2D eigenvalue weighted by Gasteiger charge is 2.29. The van der Waals surface area contributed by atoms with Crippen LogP contribution in [0.1, 0.15) is 49.2 Å². The second-order valence-electron chi connectivity index (χ2n) is 3.99. The van der Waals surface area contributed by atoms with E-state index in [1.165, 1.54) is 11.3 Å². The molecule has 0 aliphatic heterocycles. The van der Waals surface area contributed by atoms with Gasteiger partial charge in [0.15, 0.2) is 0 Å². The molecule has 0 spiro atoms. The molecule has 0 saturated heterocycles. The summed E-state index contributed by atoms with van der Waals surface area (Å²) < 4.78 is 25.3. The van der Waals surface area contributed by atoms with Crippen LogP contribution in [0.25, 0.3) is 0 Å². The Morgan fingerprint density at radius 3 is 2.43 bits per heavy atom. The number of hydrogen-bond donors (Lipinski definition) is 0. The van der Waals surface area contributed by atoms with Crippen molar-refractivity contribution in [3.8, 4) is 0 Å². The van der Waals surface area contributed by atoms with Gasteiger partial charge in [-0.2, -0.15) is 0 Å². The number of halogens is 2. The second-order valence-corrected chi connectivity index (χ2v) is 5.19. The lowest BCUT2D eigenvalue weighted by molar-refractivity contribution is 0.144. The van der Waals surface area contributed by atoms with Crippen molar-refractivity contribution in [3.05, 3.63) is 15.6 Å². The van der Waals surface area contributed by atoms with Crippen LogP contribution in [0.15, 0.2) is 0 Å². The molecular formula is C10H15F2NS. The first-order chi connectivity index (χ1) is 6.38. The molecule has 0 bridgehead atoms. The summed E-state index contributed by atoms with van der Waals surface area (Å²) in [5.74, 6) is 0. The van der Waals surface area contributed by atoms with Gasteiger partial charge in [-0.1, -0.05) is 20.8 Å². The number of nitrogens with zero attached hydrogens (tertiary/aromatic N) is 1. The lowest BCUT2D eigenvalue weighted by Crippen LogP contribution is -2.16. The fourth-order valence-electron chi connectivity index (χ4n) is 1.24. The maximum atomic E-state index is 12.7. The van der Waals surface area contributed by atoms with E-state index in [1.807, 2.05) is 20.8 Å². The number of hydrogen-bond acceptors (Lipinski definition) is 2. The summed E-state index contributed by atoms with van der Waals surface area (Å²) >= 11 is 1.38. The molecule has 1 aromatic rings. The van der Waals surface area contributed by atoms with Crippen molar-refractivity contribution < 1.29 is 8.78 Å². The minimum Gasteiger partial charge on any atom is -0.240 e. The van der Waals surface area contributed by atoms with Gasteiger partial charge in [-0.15, -0.1) is 11.3 Å².